The van der Waals surface area contributed by atoms with Crippen molar-refractivity contribution < 1.29 is 9.59 Å². The molecule has 0 bridgehead atoms. The summed E-state index contributed by atoms with van der Waals surface area (Å²) in [5.74, 6) is -0.835. The first-order chi connectivity index (χ1) is 9.56. The fourth-order valence-electron chi connectivity index (χ4n) is 1.40. The summed E-state index contributed by atoms with van der Waals surface area (Å²) in [6.07, 6.45) is 2.98. The van der Waals surface area contributed by atoms with Crippen molar-refractivity contribution in [3.8, 4) is 0 Å². The van der Waals surface area contributed by atoms with Crippen LogP contribution in [0.25, 0.3) is 0 Å². The molecule has 0 spiro atoms. The van der Waals surface area contributed by atoms with E-state index >= 15 is 0 Å². The van der Waals surface area contributed by atoms with Crippen LogP contribution in [-0.4, -0.2) is 16.8 Å². The van der Waals surface area contributed by atoms with Crippen molar-refractivity contribution in [2.75, 3.05) is 0 Å². The Morgan fingerprint density at radius 2 is 1.45 bits per heavy atom. The average Bonchev–Trinajstić information content (AvgIpc) is 2.45. The van der Waals surface area contributed by atoms with Gasteiger partial charge in [-0.2, -0.15) is 0 Å². The van der Waals surface area contributed by atoms with Gasteiger partial charge in [-0.3, -0.25) is 25.4 Å². The zero-order valence-corrected chi connectivity index (χ0v) is 13.2. The molecule has 0 atom stereocenters. The average molecular weight is 399 g/mol. The number of hydrogen-bond acceptors (Lipinski definition) is 3. The number of hydrogen-bond donors (Lipinski definition) is 2. The highest BCUT2D eigenvalue weighted by Crippen LogP contribution is 2.10. The van der Waals surface area contributed by atoms with Crippen LogP contribution >= 0.6 is 31.9 Å². The number of carbonyl (C=O) groups is 2. The van der Waals surface area contributed by atoms with E-state index in [0.717, 1.165) is 4.47 Å². The highest BCUT2D eigenvalue weighted by atomic mass is 79.9. The molecule has 1 aromatic carbocycles. The quantitative estimate of drug-likeness (QED) is 0.764. The number of rotatable bonds is 2. The number of hydrazine groups is 1. The lowest BCUT2D eigenvalue weighted by molar-refractivity contribution is 0.0846. The number of aromatic nitrogens is 1. The Balaban J connectivity index is 1.96. The van der Waals surface area contributed by atoms with Crippen molar-refractivity contribution in [3.63, 3.8) is 0 Å². The zero-order valence-electron chi connectivity index (χ0n) is 10.1. The molecule has 2 rings (SSSR count). The number of amides is 2. The van der Waals surface area contributed by atoms with Gasteiger partial charge in [-0.05, 0) is 46.3 Å². The second-order valence-electron chi connectivity index (χ2n) is 3.81. The molecule has 1 aromatic heterocycles. The van der Waals surface area contributed by atoms with Crippen LogP contribution in [0.5, 0.6) is 0 Å². The van der Waals surface area contributed by atoms with Crippen molar-refractivity contribution >= 4 is 43.7 Å². The summed E-state index contributed by atoms with van der Waals surface area (Å²) in [4.78, 5) is 27.5. The van der Waals surface area contributed by atoms with Crippen LogP contribution in [0.4, 0.5) is 0 Å². The predicted octanol–water partition coefficient (Wildman–Crippen LogP) is 2.68. The molecule has 0 saturated carbocycles. The van der Waals surface area contributed by atoms with Crippen LogP contribution < -0.4 is 10.9 Å². The maximum absolute atomic E-state index is 11.8. The lowest BCUT2D eigenvalue weighted by Gasteiger charge is -2.07. The second-order valence-corrected chi connectivity index (χ2v) is 5.64. The van der Waals surface area contributed by atoms with E-state index in [9.17, 15) is 9.59 Å². The van der Waals surface area contributed by atoms with Crippen LogP contribution in [0.2, 0.25) is 0 Å². The number of nitrogens with zero attached hydrogens (tertiary/aromatic N) is 1. The molecule has 20 heavy (non-hydrogen) atoms. The first-order valence-corrected chi connectivity index (χ1v) is 7.11. The van der Waals surface area contributed by atoms with Crippen molar-refractivity contribution in [2.45, 2.75) is 0 Å². The predicted molar refractivity (Wildman–Crippen MR) is 81.0 cm³/mol. The molecule has 0 saturated heterocycles. The first kappa shape index (κ1) is 14.7. The van der Waals surface area contributed by atoms with Gasteiger partial charge in [-0.1, -0.05) is 15.9 Å². The van der Waals surface area contributed by atoms with Gasteiger partial charge in [0.1, 0.15) is 0 Å². The number of pyridine rings is 1. The van der Waals surface area contributed by atoms with E-state index in [1.54, 1.807) is 36.5 Å². The lowest BCUT2D eigenvalue weighted by atomic mass is 10.2. The summed E-state index contributed by atoms with van der Waals surface area (Å²) < 4.78 is 1.56. The van der Waals surface area contributed by atoms with E-state index < -0.39 is 11.8 Å². The number of nitrogens with one attached hydrogen (secondary N) is 2. The minimum atomic E-state index is -0.440. The zero-order chi connectivity index (χ0) is 14.5. The number of halogens is 2. The lowest BCUT2D eigenvalue weighted by Crippen LogP contribution is -2.41. The van der Waals surface area contributed by atoms with Gasteiger partial charge in [0, 0.05) is 26.9 Å². The third kappa shape index (κ3) is 3.88. The molecular formula is C13H9Br2N3O2. The van der Waals surface area contributed by atoms with Crippen LogP contribution in [0.15, 0.2) is 51.7 Å². The van der Waals surface area contributed by atoms with Crippen LogP contribution in [0.1, 0.15) is 20.7 Å². The number of carbonyl (C=O) groups excluding carboxylic acids is 2. The monoisotopic (exact) mass is 397 g/mol. The van der Waals surface area contributed by atoms with E-state index in [1.165, 1.54) is 6.20 Å². The molecule has 2 aromatic rings. The Kier molecular flexibility index (Phi) is 4.86. The summed E-state index contributed by atoms with van der Waals surface area (Å²) in [7, 11) is 0. The maximum atomic E-state index is 11.8. The number of benzene rings is 1. The van der Waals surface area contributed by atoms with Gasteiger partial charge in [0.15, 0.2) is 0 Å². The SMILES string of the molecule is O=C(NNC(=O)c1cncc(Br)c1)c1ccc(Br)cc1. The highest BCUT2D eigenvalue weighted by molar-refractivity contribution is 9.10. The van der Waals surface area contributed by atoms with Crippen molar-refractivity contribution in [2.24, 2.45) is 0 Å². The Morgan fingerprint density at radius 3 is 2.05 bits per heavy atom. The van der Waals surface area contributed by atoms with Crippen molar-refractivity contribution in [3.05, 3.63) is 62.8 Å². The van der Waals surface area contributed by atoms with Gasteiger partial charge >= 0.3 is 0 Å². The van der Waals surface area contributed by atoms with Crippen molar-refractivity contribution in [1.29, 1.82) is 0 Å². The largest absolute Gasteiger partial charge is 0.271 e. The highest BCUT2D eigenvalue weighted by Gasteiger charge is 2.09. The molecule has 0 fully saturated rings. The van der Waals surface area contributed by atoms with Gasteiger partial charge in [0.25, 0.3) is 11.8 Å². The van der Waals surface area contributed by atoms with E-state index in [0.29, 0.717) is 15.6 Å². The van der Waals surface area contributed by atoms with Gasteiger partial charge in [-0.25, -0.2) is 0 Å². The van der Waals surface area contributed by atoms with Gasteiger partial charge in [-0.15, -0.1) is 0 Å². The Bertz CT molecular complexity index is 644. The molecule has 0 aliphatic rings. The fraction of sp³-hybridized carbons (Fsp3) is 0. The summed E-state index contributed by atoms with van der Waals surface area (Å²) in [5, 5.41) is 0. The third-order valence-electron chi connectivity index (χ3n) is 2.36. The third-order valence-corrected chi connectivity index (χ3v) is 3.33. The van der Waals surface area contributed by atoms with Gasteiger partial charge in [0.2, 0.25) is 0 Å². The Morgan fingerprint density at radius 1 is 0.850 bits per heavy atom. The smallest absolute Gasteiger partial charge is 0.267 e. The molecule has 7 heteroatoms. The molecule has 2 N–H and O–H groups in total. The molecule has 5 nitrogen and oxygen atoms in total. The molecule has 0 radical (unpaired) electrons. The minimum Gasteiger partial charge on any atom is -0.267 e. The molecule has 1 heterocycles. The molecular weight excluding hydrogens is 390 g/mol. The minimum absolute atomic E-state index is 0.343. The molecule has 102 valence electrons. The summed E-state index contributed by atoms with van der Waals surface area (Å²) >= 11 is 6.50. The van der Waals surface area contributed by atoms with E-state index in [4.69, 9.17) is 0 Å². The maximum Gasteiger partial charge on any atom is 0.271 e. The first-order valence-electron chi connectivity index (χ1n) is 5.53. The summed E-state index contributed by atoms with van der Waals surface area (Å²) in [6.45, 7) is 0. The molecule has 2 amide bonds. The van der Waals surface area contributed by atoms with E-state index in [1.807, 2.05) is 0 Å². The summed E-state index contributed by atoms with van der Waals surface area (Å²) in [6, 6.07) is 8.39. The normalized spacial score (nSPS) is 9.90. The Labute approximate surface area is 132 Å². The molecule has 0 unspecified atom stereocenters. The topological polar surface area (TPSA) is 71.1 Å². The van der Waals surface area contributed by atoms with Crippen LogP contribution in [0, 0.1) is 0 Å². The molecule has 0 aliphatic carbocycles. The van der Waals surface area contributed by atoms with Gasteiger partial charge < -0.3 is 0 Å². The van der Waals surface area contributed by atoms with Gasteiger partial charge in [0.05, 0.1) is 5.56 Å². The van der Waals surface area contributed by atoms with Crippen LogP contribution in [-0.2, 0) is 0 Å². The van der Waals surface area contributed by atoms with E-state index in [2.05, 4.69) is 47.7 Å². The standard InChI is InChI=1S/C13H9Br2N3O2/c14-10-3-1-8(2-4-10)12(19)17-18-13(20)9-5-11(15)7-16-6-9/h1-7H,(H,17,19)(H,18,20). The fourth-order valence-corrected chi connectivity index (χ4v) is 2.02. The van der Waals surface area contributed by atoms with E-state index in [-0.39, 0.29) is 0 Å². The van der Waals surface area contributed by atoms with Crippen molar-refractivity contribution in [1.82, 2.24) is 15.8 Å². The molecule has 0 aliphatic heterocycles. The Hall–Kier alpha value is -1.73. The second kappa shape index (κ2) is 6.62. The summed E-state index contributed by atoms with van der Waals surface area (Å²) in [5.41, 5.74) is 5.46. The van der Waals surface area contributed by atoms with Crippen LogP contribution in [0.3, 0.4) is 0 Å².